The molecule has 0 saturated carbocycles. The molecule has 1 N–H and O–H groups in total. The van der Waals surface area contributed by atoms with Crippen molar-refractivity contribution in [2.45, 2.75) is 17.9 Å². The molecule has 0 aliphatic rings. The van der Waals surface area contributed by atoms with Crippen LogP contribution in [0, 0.1) is 0 Å². The zero-order valence-electron chi connectivity index (χ0n) is 16.4. The van der Waals surface area contributed by atoms with Crippen LogP contribution in [0.1, 0.15) is 6.92 Å². The van der Waals surface area contributed by atoms with E-state index in [-0.39, 0.29) is 5.69 Å². The van der Waals surface area contributed by atoms with Gasteiger partial charge in [0.25, 0.3) is 0 Å². The van der Waals surface area contributed by atoms with Crippen LogP contribution in [0.2, 0.25) is 0 Å². The van der Waals surface area contributed by atoms with Crippen LogP contribution in [0.4, 0.5) is 11.4 Å². The zero-order chi connectivity index (χ0) is 20.9. The number of nitrogens with zero attached hydrogens (tertiary/aromatic N) is 1. The Labute approximate surface area is 170 Å². The summed E-state index contributed by atoms with van der Waals surface area (Å²) in [7, 11) is -0.882. The number of benzene rings is 2. The number of methoxy groups -OCH3 is 2. The van der Waals surface area contributed by atoms with Crippen LogP contribution in [-0.2, 0) is 14.8 Å². The van der Waals surface area contributed by atoms with Crippen molar-refractivity contribution in [2.75, 3.05) is 36.4 Å². The fourth-order valence-corrected chi connectivity index (χ4v) is 4.46. The third-order valence-electron chi connectivity index (χ3n) is 4.08. The number of amides is 1. The minimum Gasteiger partial charge on any atom is -0.497 e. The first kappa shape index (κ1) is 21.9. The lowest BCUT2D eigenvalue weighted by Crippen LogP contribution is -2.45. The van der Waals surface area contributed by atoms with E-state index in [1.54, 1.807) is 24.3 Å². The number of hydrogen-bond acceptors (Lipinski definition) is 6. The lowest BCUT2D eigenvalue weighted by atomic mass is 10.2. The number of nitrogens with one attached hydrogen (secondary N) is 1. The second-order valence-corrected chi connectivity index (χ2v) is 8.67. The third kappa shape index (κ3) is 4.90. The number of rotatable bonds is 8. The molecule has 0 aromatic heterocycles. The van der Waals surface area contributed by atoms with E-state index < -0.39 is 22.0 Å². The maximum Gasteiger partial charge on any atom is 0.248 e. The first-order valence-corrected chi connectivity index (χ1v) is 11.5. The Hall–Kier alpha value is -2.39. The molecule has 2 aromatic carbocycles. The van der Waals surface area contributed by atoms with Gasteiger partial charge < -0.3 is 14.8 Å². The van der Waals surface area contributed by atoms with E-state index in [1.165, 1.54) is 39.0 Å². The molecule has 0 aliphatic heterocycles. The summed E-state index contributed by atoms with van der Waals surface area (Å²) < 4.78 is 36.7. The smallest absolute Gasteiger partial charge is 0.248 e. The normalized spacial score (nSPS) is 12.2. The summed E-state index contributed by atoms with van der Waals surface area (Å²) in [6.45, 7) is 1.52. The molecule has 0 bridgehead atoms. The van der Waals surface area contributed by atoms with E-state index in [0.29, 0.717) is 17.2 Å². The van der Waals surface area contributed by atoms with E-state index in [0.717, 1.165) is 15.5 Å². The van der Waals surface area contributed by atoms with Gasteiger partial charge in [0.2, 0.25) is 15.9 Å². The first-order chi connectivity index (χ1) is 13.2. The number of carbonyl (C=O) groups is 1. The summed E-state index contributed by atoms with van der Waals surface area (Å²) >= 11 is 1.49. The van der Waals surface area contributed by atoms with E-state index in [2.05, 4.69) is 5.32 Å². The summed E-state index contributed by atoms with van der Waals surface area (Å²) in [5.74, 6) is 0.303. The van der Waals surface area contributed by atoms with Gasteiger partial charge in [-0.15, -0.1) is 11.8 Å². The maximum atomic E-state index is 12.9. The van der Waals surface area contributed by atoms with E-state index in [9.17, 15) is 13.2 Å². The highest BCUT2D eigenvalue weighted by molar-refractivity contribution is 7.98. The Kier molecular flexibility index (Phi) is 7.20. The highest BCUT2D eigenvalue weighted by Gasteiger charge is 2.32. The van der Waals surface area contributed by atoms with E-state index in [1.807, 2.05) is 18.4 Å². The van der Waals surface area contributed by atoms with Gasteiger partial charge in [-0.05, 0) is 37.4 Å². The molecule has 152 valence electrons. The summed E-state index contributed by atoms with van der Waals surface area (Å²) in [5, 5.41) is 2.81. The molecule has 7 nitrogen and oxygen atoms in total. The van der Waals surface area contributed by atoms with E-state index >= 15 is 0 Å². The average molecular weight is 425 g/mol. The molecule has 0 radical (unpaired) electrons. The lowest BCUT2D eigenvalue weighted by molar-refractivity contribution is -0.116. The molecule has 28 heavy (non-hydrogen) atoms. The molecule has 2 rings (SSSR count). The van der Waals surface area contributed by atoms with Gasteiger partial charge in [-0.25, -0.2) is 8.42 Å². The van der Waals surface area contributed by atoms with Gasteiger partial charge in [0.15, 0.2) is 0 Å². The maximum absolute atomic E-state index is 12.9. The van der Waals surface area contributed by atoms with Crippen molar-refractivity contribution in [1.29, 1.82) is 0 Å². The molecular formula is C19H24N2O5S2. The van der Waals surface area contributed by atoms with Gasteiger partial charge in [0.1, 0.15) is 17.5 Å². The van der Waals surface area contributed by atoms with Gasteiger partial charge >= 0.3 is 0 Å². The summed E-state index contributed by atoms with van der Waals surface area (Å²) in [4.78, 5) is 13.8. The Morgan fingerprint density at radius 3 is 2.39 bits per heavy atom. The SMILES string of the molecule is COc1ccc(OC)c(N([C@@H](C)C(=O)Nc2ccccc2SC)S(C)(=O)=O)c1. The number of carbonyl (C=O) groups excluding carboxylic acids is 1. The Balaban J connectivity index is 2.45. The standard InChI is InChI=1S/C19H24N2O5S2/c1-13(19(22)20-15-8-6-7-9-18(15)27-4)21(28(5,23)24)16-12-14(25-2)10-11-17(16)26-3/h6-13H,1-5H3,(H,20,22)/t13-/m0/s1. The molecule has 9 heteroatoms. The average Bonchev–Trinajstić information content (AvgIpc) is 2.67. The molecule has 0 saturated heterocycles. The lowest BCUT2D eigenvalue weighted by Gasteiger charge is -2.29. The van der Waals surface area contributed by atoms with Crippen molar-refractivity contribution in [3.63, 3.8) is 0 Å². The predicted octanol–water partition coefficient (Wildman–Crippen LogP) is 3.22. The highest BCUT2D eigenvalue weighted by atomic mass is 32.2. The highest BCUT2D eigenvalue weighted by Crippen LogP contribution is 2.35. The quantitative estimate of drug-likeness (QED) is 0.655. The largest absolute Gasteiger partial charge is 0.497 e. The van der Waals surface area contributed by atoms with Crippen LogP contribution < -0.4 is 19.1 Å². The third-order valence-corrected chi connectivity index (χ3v) is 6.10. The topological polar surface area (TPSA) is 84.9 Å². The van der Waals surface area contributed by atoms with Crippen molar-refractivity contribution < 1.29 is 22.7 Å². The molecule has 0 spiro atoms. The van der Waals surface area contributed by atoms with Crippen molar-refractivity contribution in [1.82, 2.24) is 0 Å². The summed E-state index contributed by atoms with van der Waals surface area (Å²) in [6, 6.07) is 11.1. The number of anilines is 2. The second-order valence-electron chi connectivity index (χ2n) is 5.96. The molecule has 0 heterocycles. The fourth-order valence-electron chi connectivity index (χ4n) is 2.74. The minimum absolute atomic E-state index is 0.227. The van der Waals surface area contributed by atoms with Gasteiger partial charge in [0, 0.05) is 11.0 Å². The second kappa shape index (κ2) is 9.20. The monoisotopic (exact) mass is 424 g/mol. The zero-order valence-corrected chi connectivity index (χ0v) is 18.1. The number of hydrogen-bond donors (Lipinski definition) is 1. The van der Waals surface area contributed by atoms with Gasteiger partial charge in [-0.3, -0.25) is 9.10 Å². The van der Waals surface area contributed by atoms with Crippen LogP contribution in [-0.4, -0.2) is 47.1 Å². The van der Waals surface area contributed by atoms with Gasteiger partial charge in [-0.2, -0.15) is 0 Å². The number of sulfonamides is 1. The van der Waals surface area contributed by atoms with Crippen molar-refractivity contribution in [2.24, 2.45) is 0 Å². The molecule has 0 aliphatic carbocycles. The summed E-state index contributed by atoms with van der Waals surface area (Å²) in [5.41, 5.74) is 0.850. The minimum atomic E-state index is -3.80. The van der Waals surface area contributed by atoms with Crippen molar-refractivity contribution in [3.8, 4) is 11.5 Å². The molecule has 0 unspecified atom stereocenters. The van der Waals surface area contributed by atoms with E-state index in [4.69, 9.17) is 9.47 Å². The first-order valence-electron chi connectivity index (χ1n) is 8.38. The molecule has 2 aromatic rings. The molecule has 0 fully saturated rings. The Morgan fingerprint density at radius 2 is 1.82 bits per heavy atom. The Bertz CT molecular complexity index is 947. The van der Waals surface area contributed by atoms with Crippen LogP contribution in [0.15, 0.2) is 47.4 Å². The van der Waals surface area contributed by atoms with Gasteiger partial charge in [-0.1, -0.05) is 12.1 Å². The fraction of sp³-hybridized carbons (Fsp3) is 0.316. The molecular weight excluding hydrogens is 400 g/mol. The van der Waals surface area contributed by atoms with Crippen LogP contribution in [0.3, 0.4) is 0 Å². The van der Waals surface area contributed by atoms with Crippen LogP contribution >= 0.6 is 11.8 Å². The molecule has 1 amide bonds. The summed E-state index contributed by atoms with van der Waals surface area (Å²) in [6.07, 6.45) is 2.95. The number of ether oxygens (including phenoxy) is 2. The predicted molar refractivity (Wildman–Crippen MR) is 113 cm³/mol. The van der Waals surface area contributed by atoms with Crippen LogP contribution in [0.25, 0.3) is 0 Å². The van der Waals surface area contributed by atoms with Crippen molar-refractivity contribution in [3.05, 3.63) is 42.5 Å². The van der Waals surface area contributed by atoms with Gasteiger partial charge in [0.05, 0.1) is 31.9 Å². The number of para-hydroxylation sites is 1. The number of thioether (sulfide) groups is 1. The molecule has 1 atom stereocenters. The Morgan fingerprint density at radius 1 is 1.14 bits per heavy atom. The van der Waals surface area contributed by atoms with Crippen molar-refractivity contribution >= 4 is 39.1 Å². The van der Waals surface area contributed by atoms with Crippen LogP contribution in [0.5, 0.6) is 11.5 Å².